The molecule has 28 heavy (non-hydrogen) atoms. The van der Waals surface area contributed by atoms with E-state index in [1.807, 2.05) is 0 Å². The third-order valence-corrected chi connectivity index (χ3v) is 5.98. The maximum absolute atomic E-state index is 12.4. The normalized spacial score (nSPS) is 14.2. The summed E-state index contributed by atoms with van der Waals surface area (Å²) in [7, 11) is -3.36. The van der Waals surface area contributed by atoms with Gasteiger partial charge in [-0.15, -0.1) is 0 Å². The largest absolute Gasteiger partial charge is 0.346 e. The number of sulfonamides is 1. The van der Waals surface area contributed by atoms with Gasteiger partial charge in [0.15, 0.2) is 0 Å². The summed E-state index contributed by atoms with van der Waals surface area (Å²) >= 11 is 0. The van der Waals surface area contributed by atoms with Crippen molar-refractivity contribution in [2.24, 2.45) is 0 Å². The molecule has 0 unspecified atom stereocenters. The molecule has 1 aliphatic heterocycles. The van der Waals surface area contributed by atoms with Crippen molar-refractivity contribution in [3.63, 3.8) is 0 Å². The van der Waals surface area contributed by atoms with Crippen molar-refractivity contribution >= 4 is 27.3 Å². The highest BCUT2D eigenvalue weighted by molar-refractivity contribution is 7.92. The minimum Gasteiger partial charge on any atom is -0.324 e. The molecule has 0 bridgehead atoms. The molecule has 2 aromatic rings. The molecule has 0 radical (unpaired) electrons. The Morgan fingerprint density at radius 1 is 1.14 bits per heavy atom. The Balaban J connectivity index is 1.62. The van der Waals surface area contributed by atoms with Crippen LogP contribution in [0.4, 0.5) is 11.4 Å². The van der Waals surface area contributed by atoms with Crippen LogP contribution in [0.1, 0.15) is 38.4 Å². The number of benzene rings is 1. The molecular weight excluding hydrogens is 382 g/mol. The molecule has 0 fully saturated rings. The maximum atomic E-state index is 12.4. The fourth-order valence-electron chi connectivity index (χ4n) is 3.19. The first-order valence-electron chi connectivity index (χ1n) is 9.45. The number of nitrogens with one attached hydrogen (secondary N) is 2. The summed E-state index contributed by atoms with van der Waals surface area (Å²) in [5.74, 6) is 0.420. The summed E-state index contributed by atoms with van der Waals surface area (Å²) in [5, 5.41) is 6.99. The van der Waals surface area contributed by atoms with E-state index in [-0.39, 0.29) is 23.9 Å². The lowest BCUT2D eigenvalue weighted by molar-refractivity contribution is -0.117. The molecule has 10 heteroatoms. The van der Waals surface area contributed by atoms with Crippen molar-refractivity contribution in [3.05, 3.63) is 40.6 Å². The van der Waals surface area contributed by atoms with E-state index in [0.29, 0.717) is 24.3 Å². The van der Waals surface area contributed by atoms with Gasteiger partial charge in [-0.25, -0.2) is 17.9 Å². The van der Waals surface area contributed by atoms with Gasteiger partial charge in [0, 0.05) is 24.3 Å². The van der Waals surface area contributed by atoms with Crippen LogP contribution in [0.2, 0.25) is 0 Å². The molecule has 0 saturated carbocycles. The third kappa shape index (κ3) is 5.00. The summed E-state index contributed by atoms with van der Waals surface area (Å²) < 4.78 is 28.9. The molecule has 0 aliphatic carbocycles. The number of hydrogen-bond acceptors (Lipinski definition) is 5. The Bertz CT molecular complexity index is 992. The Labute approximate surface area is 163 Å². The van der Waals surface area contributed by atoms with Crippen molar-refractivity contribution in [1.82, 2.24) is 14.3 Å². The molecule has 1 amide bonds. The van der Waals surface area contributed by atoms with Crippen molar-refractivity contribution in [1.29, 1.82) is 0 Å². The number of anilines is 2. The quantitative estimate of drug-likeness (QED) is 0.723. The van der Waals surface area contributed by atoms with Gasteiger partial charge in [-0.1, -0.05) is 13.3 Å². The monoisotopic (exact) mass is 407 g/mol. The number of fused-ring (bicyclic) bond motifs is 1. The first kappa shape index (κ1) is 20.1. The van der Waals surface area contributed by atoms with E-state index in [4.69, 9.17) is 0 Å². The highest BCUT2D eigenvalue weighted by atomic mass is 32.2. The fraction of sp³-hybridized carbons (Fsp3) is 0.500. The SMILES string of the molecule is CCCS(=O)(=O)Nc1ccc(NC(=O)Cn2nc3n(c2=O)CCCCC3)cc1. The number of aromatic nitrogens is 3. The van der Waals surface area contributed by atoms with Crippen LogP contribution in [-0.2, 0) is 34.3 Å². The minimum absolute atomic E-state index is 0.0505. The summed E-state index contributed by atoms with van der Waals surface area (Å²) in [5.41, 5.74) is 0.686. The van der Waals surface area contributed by atoms with Crippen molar-refractivity contribution < 1.29 is 13.2 Å². The van der Waals surface area contributed by atoms with Crippen LogP contribution in [0, 0.1) is 0 Å². The Morgan fingerprint density at radius 2 is 1.86 bits per heavy atom. The molecule has 9 nitrogen and oxygen atoms in total. The van der Waals surface area contributed by atoms with Gasteiger partial charge in [-0.2, -0.15) is 5.10 Å². The number of rotatable bonds is 7. The molecule has 0 saturated heterocycles. The molecule has 1 aliphatic rings. The fourth-order valence-corrected chi connectivity index (χ4v) is 4.32. The van der Waals surface area contributed by atoms with Gasteiger partial charge in [-0.3, -0.25) is 14.1 Å². The van der Waals surface area contributed by atoms with Crippen LogP contribution in [0.15, 0.2) is 29.1 Å². The molecule has 0 atom stereocenters. The number of aryl methyl sites for hydroxylation is 1. The van der Waals surface area contributed by atoms with Crippen LogP contribution in [0.3, 0.4) is 0 Å². The number of hydrogen-bond donors (Lipinski definition) is 2. The first-order chi connectivity index (χ1) is 13.4. The zero-order valence-electron chi connectivity index (χ0n) is 15.8. The summed E-state index contributed by atoms with van der Waals surface area (Å²) in [6.45, 7) is 2.27. The van der Waals surface area contributed by atoms with Gasteiger partial charge in [0.1, 0.15) is 12.4 Å². The molecular formula is C18H25N5O4S. The van der Waals surface area contributed by atoms with E-state index < -0.39 is 10.0 Å². The van der Waals surface area contributed by atoms with E-state index >= 15 is 0 Å². The standard InChI is InChI=1S/C18H25N5O4S/c1-2-12-28(26,27)21-15-9-7-14(8-10-15)19-17(24)13-23-18(25)22-11-5-3-4-6-16(22)20-23/h7-10,21H,2-6,11-13H2,1H3,(H,19,24). The Kier molecular flexibility index (Phi) is 6.18. The van der Waals surface area contributed by atoms with Crippen molar-refractivity contribution in [2.45, 2.75) is 52.1 Å². The van der Waals surface area contributed by atoms with Gasteiger partial charge in [0.05, 0.1) is 5.75 Å². The van der Waals surface area contributed by atoms with E-state index in [1.165, 1.54) is 4.68 Å². The van der Waals surface area contributed by atoms with E-state index in [9.17, 15) is 18.0 Å². The predicted octanol–water partition coefficient (Wildman–Crippen LogP) is 1.56. The number of amides is 1. The highest BCUT2D eigenvalue weighted by Crippen LogP contribution is 2.15. The second-order valence-electron chi connectivity index (χ2n) is 6.87. The Morgan fingerprint density at radius 3 is 2.57 bits per heavy atom. The lowest BCUT2D eigenvalue weighted by Crippen LogP contribution is -2.30. The summed E-state index contributed by atoms with van der Waals surface area (Å²) in [4.78, 5) is 24.7. The van der Waals surface area contributed by atoms with Gasteiger partial charge in [0.25, 0.3) is 0 Å². The van der Waals surface area contributed by atoms with Crippen molar-refractivity contribution in [2.75, 3.05) is 15.8 Å². The number of carbonyl (C=O) groups is 1. The second-order valence-corrected chi connectivity index (χ2v) is 8.71. The molecule has 1 aromatic carbocycles. The lowest BCUT2D eigenvalue weighted by atomic mass is 10.2. The molecule has 0 spiro atoms. The van der Waals surface area contributed by atoms with E-state index in [1.54, 1.807) is 35.8 Å². The van der Waals surface area contributed by atoms with Crippen LogP contribution in [0.5, 0.6) is 0 Å². The van der Waals surface area contributed by atoms with Gasteiger partial charge in [0.2, 0.25) is 15.9 Å². The van der Waals surface area contributed by atoms with Crippen molar-refractivity contribution in [3.8, 4) is 0 Å². The van der Waals surface area contributed by atoms with E-state index in [2.05, 4.69) is 15.1 Å². The average molecular weight is 407 g/mol. The van der Waals surface area contributed by atoms with Gasteiger partial charge >= 0.3 is 5.69 Å². The zero-order chi connectivity index (χ0) is 20.1. The zero-order valence-corrected chi connectivity index (χ0v) is 16.7. The summed E-state index contributed by atoms with van der Waals surface area (Å²) in [6, 6.07) is 6.36. The van der Waals surface area contributed by atoms with E-state index in [0.717, 1.165) is 31.5 Å². The topological polar surface area (TPSA) is 115 Å². The highest BCUT2D eigenvalue weighted by Gasteiger charge is 2.17. The van der Waals surface area contributed by atoms with Crippen LogP contribution < -0.4 is 15.7 Å². The Hall–Kier alpha value is -2.62. The predicted molar refractivity (Wildman–Crippen MR) is 107 cm³/mol. The first-order valence-corrected chi connectivity index (χ1v) is 11.1. The molecule has 2 N–H and O–H groups in total. The van der Waals surface area contributed by atoms with Crippen LogP contribution >= 0.6 is 0 Å². The van der Waals surface area contributed by atoms with Gasteiger partial charge in [-0.05, 0) is 43.5 Å². The maximum Gasteiger partial charge on any atom is 0.346 e. The number of nitrogens with zero attached hydrogens (tertiary/aromatic N) is 3. The molecule has 1 aromatic heterocycles. The third-order valence-electron chi connectivity index (χ3n) is 4.49. The lowest BCUT2D eigenvalue weighted by Gasteiger charge is -2.09. The molecule has 152 valence electrons. The minimum atomic E-state index is -3.36. The van der Waals surface area contributed by atoms with Gasteiger partial charge < -0.3 is 5.32 Å². The smallest absolute Gasteiger partial charge is 0.324 e. The second kappa shape index (κ2) is 8.59. The average Bonchev–Trinajstić information content (AvgIpc) is 2.80. The molecule has 2 heterocycles. The molecule has 3 rings (SSSR count). The number of carbonyl (C=O) groups excluding carboxylic acids is 1. The van der Waals surface area contributed by atoms with Crippen LogP contribution in [-0.4, -0.2) is 34.4 Å². The van der Waals surface area contributed by atoms with Crippen LogP contribution in [0.25, 0.3) is 0 Å². The summed E-state index contributed by atoms with van der Waals surface area (Å²) in [6.07, 6.45) is 4.30.